The van der Waals surface area contributed by atoms with Crippen LogP contribution >= 0.6 is 0 Å². The molecule has 2 heteroatoms. The van der Waals surface area contributed by atoms with E-state index in [0.717, 1.165) is 22.5 Å². The van der Waals surface area contributed by atoms with Crippen molar-refractivity contribution in [3.8, 4) is 5.75 Å². The predicted octanol–water partition coefficient (Wildman–Crippen LogP) is 3.86. The number of methoxy groups -OCH3 is 1. The Kier molecular flexibility index (Phi) is 2.50. The van der Waals surface area contributed by atoms with Gasteiger partial charge in [0.25, 0.3) is 0 Å². The van der Waals surface area contributed by atoms with Crippen molar-refractivity contribution < 1.29 is 9.15 Å². The maximum atomic E-state index is 5.70. The largest absolute Gasteiger partial charge is 0.493 e. The standard InChI is InChI=1S/C13H14O2/c1-9(2)7-11-8-10-5-4-6-12(14-3)13(10)15-11/h4-8H,1-3H3. The van der Waals surface area contributed by atoms with Gasteiger partial charge in [-0.05, 0) is 32.1 Å². The molecule has 0 spiro atoms. The molecule has 0 atom stereocenters. The summed E-state index contributed by atoms with van der Waals surface area (Å²) in [6.07, 6.45) is 2.01. The number of fused-ring (bicyclic) bond motifs is 1. The van der Waals surface area contributed by atoms with Gasteiger partial charge in [0, 0.05) is 5.39 Å². The summed E-state index contributed by atoms with van der Waals surface area (Å²) in [4.78, 5) is 0. The van der Waals surface area contributed by atoms with Gasteiger partial charge in [-0.2, -0.15) is 0 Å². The molecule has 0 aliphatic carbocycles. The normalized spacial score (nSPS) is 10.3. The average Bonchev–Trinajstić information content (AvgIpc) is 2.58. The lowest BCUT2D eigenvalue weighted by molar-refractivity contribution is 0.410. The van der Waals surface area contributed by atoms with E-state index in [1.165, 1.54) is 5.57 Å². The van der Waals surface area contributed by atoms with E-state index < -0.39 is 0 Å². The zero-order valence-electron chi connectivity index (χ0n) is 9.20. The molecular formula is C13H14O2. The molecule has 78 valence electrons. The fourth-order valence-corrected chi connectivity index (χ4v) is 1.57. The Hall–Kier alpha value is -1.70. The van der Waals surface area contributed by atoms with Gasteiger partial charge in [0.1, 0.15) is 5.76 Å². The molecule has 1 heterocycles. The van der Waals surface area contributed by atoms with Crippen molar-refractivity contribution >= 4 is 17.0 Å². The molecule has 2 nitrogen and oxygen atoms in total. The van der Waals surface area contributed by atoms with Gasteiger partial charge in [0.05, 0.1) is 7.11 Å². The number of para-hydroxylation sites is 1. The van der Waals surface area contributed by atoms with E-state index in [1.54, 1.807) is 7.11 Å². The highest BCUT2D eigenvalue weighted by atomic mass is 16.5. The van der Waals surface area contributed by atoms with Crippen LogP contribution in [0.3, 0.4) is 0 Å². The van der Waals surface area contributed by atoms with Crippen LogP contribution in [0.2, 0.25) is 0 Å². The molecular weight excluding hydrogens is 188 g/mol. The molecule has 2 aromatic rings. The van der Waals surface area contributed by atoms with Crippen LogP contribution in [0, 0.1) is 0 Å². The minimum atomic E-state index is 0.779. The first kappa shape index (κ1) is 9.84. The number of benzene rings is 1. The van der Waals surface area contributed by atoms with Crippen LogP contribution in [-0.4, -0.2) is 7.11 Å². The van der Waals surface area contributed by atoms with Gasteiger partial charge in [-0.1, -0.05) is 17.7 Å². The lowest BCUT2D eigenvalue weighted by Crippen LogP contribution is -1.81. The van der Waals surface area contributed by atoms with Crippen molar-refractivity contribution in [2.45, 2.75) is 13.8 Å². The number of rotatable bonds is 2. The van der Waals surface area contributed by atoms with Crippen LogP contribution in [0.5, 0.6) is 5.75 Å². The zero-order valence-corrected chi connectivity index (χ0v) is 9.20. The highest BCUT2D eigenvalue weighted by Gasteiger charge is 2.06. The molecule has 0 amide bonds. The Morgan fingerprint density at radius 2 is 2.13 bits per heavy atom. The third kappa shape index (κ3) is 1.89. The van der Waals surface area contributed by atoms with Gasteiger partial charge >= 0.3 is 0 Å². The summed E-state index contributed by atoms with van der Waals surface area (Å²) in [5.74, 6) is 1.65. The van der Waals surface area contributed by atoms with E-state index in [1.807, 2.05) is 44.2 Å². The molecule has 0 aliphatic heterocycles. The van der Waals surface area contributed by atoms with E-state index in [2.05, 4.69) is 0 Å². The zero-order chi connectivity index (χ0) is 10.8. The van der Waals surface area contributed by atoms with E-state index in [-0.39, 0.29) is 0 Å². The van der Waals surface area contributed by atoms with E-state index in [4.69, 9.17) is 9.15 Å². The molecule has 0 radical (unpaired) electrons. The molecule has 0 fully saturated rings. The van der Waals surface area contributed by atoms with Gasteiger partial charge in [-0.15, -0.1) is 0 Å². The minimum absolute atomic E-state index is 0.779. The third-order valence-corrected chi connectivity index (χ3v) is 2.18. The maximum Gasteiger partial charge on any atom is 0.176 e. The van der Waals surface area contributed by atoms with Crippen molar-refractivity contribution in [2.24, 2.45) is 0 Å². The summed E-state index contributed by atoms with van der Waals surface area (Å²) in [5, 5.41) is 1.07. The van der Waals surface area contributed by atoms with Gasteiger partial charge < -0.3 is 9.15 Å². The summed E-state index contributed by atoms with van der Waals surface area (Å²) in [6, 6.07) is 7.90. The molecule has 0 aliphatic rings. The summed E-state index contributed by atoms with van der Waals surface area (Å²) in [6.45, 7) is 4.09. The van der Waals surface area contributed by atoms with Crippen molar-refractivity contribution in [3.05, 3.63) is 35.6 Å². The van der Waals surface area contributed by atoms with Crippen LogP contribution in [-0.2, 0) is 0 Å². The number of ether oxygens (including phenoxy) is 1. The Morgan fingerprint density at radius 3 is 2.80 bits per heavy atom. The van der Waals surface area contributed by atoms with Crippen LogP contribution < -0.4 is 4.74 Å². The topological polar surface area (TPSA) is 22.4 Å². The monoisotopic (exact) mass is 202 g/mol. The number of furan rings is 1. The second-order valence-corrected chi connectivity index (χ2v) is 3.75. The van der Waals surface area contributed by atoms with Crippen molar-refractivity contribution in [2.75, 3.05) is 7.11 Å². The molecule has 0 unspecified atom stereocenters. The van der Waals surface area contributed by atoms with Gasteiger partial charge in [0.15, 0.2) is 11.3 Å². The fourth-order valence-electron chi connectivity index (χ4n) is 1.57. The number of hydrogen-bond donors (Lipinski definition) is 0. The first-order valence-corrected chi connectivity index (χ1v) is 4.92. The summed E-state index contributed by atoms with van der Waals surface area (Å²) < 4.78 is 10.9. The Balaban J connectivity index is 2.60. The summed E-state index contributed by atoms with van der Waals surface area (Å²) >= 11 is 0. The highest BCUT2D eigenvalue weighted by molar-refractivity contribution is 5.85. The van der Waals surface area contributed by atoms with Gasteiger partial charge in [0.2, 0.25) is 0 Å². The van der Waals surface area contributed by atoms with Crippen LogP contribution in [0.25, 0.3) is 17.0 Å². The van der Waals surface area contributed by atoms with Crippen LogP contribution in [0.15, 0.2) is 34.3 Å². The van der Waals surface area contributed by atoms with Gasteiger partial charge in [-0.25, -0.2) is 0 Å². The quantitative estimate of drug-likeness (QED) is 0.737. The molecule has 1 aromatic carbocycles. The first-order valence-electron chi connectivity index (χ1n) is 4.92. The van der Waals surface area contributed by atoms with Crippen molar-refractivity contribution in [1.29, 1.82) is 0 Å². The van der Waals surface area contributed by atoms with Crippen molar-refractivity contribution in [1.82, 2.24) is 0 Å². The minimum Gasteiger partial charge on any atom is -0.493 e. The second kappa shape index (κ2) is 3.81. The second-order valence-electron chi connectivity index (χ2n) is 3.75. The molecule has 0 saturated carbocycles. The summed E-state index contributed by atoms with van der Waals surface area (Å²) in [7, 11) is 1.65. The Labute approximate surface area is 89.2 Å². The maximum absolute atomic E-state index is 5.70. The lowest BCUT2D eigenvalue weighted by atomic mass is 10.2. The van der Waals surface area contributed by atoms with Crippen LogP contribution in [0.4, 0.5) is 0 Å². The molecule has 0 saturated heterocycles. The smallest absolute Gasteiger partial charge is 0.176 e. The van der Waals surface area contributed by atoms with Crippen molar-refractivity contribution in [3.63, 3.8) is 0 Å². The highest BCUT2D eigenvalue weighted by Crippen LogP contribution is 2.29. The summed E-state index contributed by atoms with van der Waals surface area (Å²) in [5.41, 5.74) is 2.03. The molecule has 0 N–H and O–H groups in total. The first-order chi connectivity index (χ1) is 7.20. The predicted molar refractivity (Wildman–Crippen MR) is 62.1 cm³/mol. The number of allylic oxidation sites excluding steroid dienone is 1. The molecule has 1 aromatic heterocycles. The van der Waals surface area contributed by atoms with E-state index in [9.17, 15) is 0 Å². The average molecular weight is 202 g/mol. The SMILES string of the molecule is COc1cccc2cc(C=C(C)C)oc12. The third-order valence-electron chi connectivity index (χ3n) is 2.18. The Morgan fingerprint density at radius 1 is 1.33 bits per heavy atom. The van der Waals surface area contributed by atoms with Crippen LogP contribution in [0.1, 0.15) is 19.6 Å². The number of hydrogen-bond acceptors (Lipinski definition) is 2. The van der Waals surface area contributed by atoms with E-state index >= 15 is 0 Å². The fraction of sp³-hybridized carbons (Fsp3) is 0.231. The van der Waals surface area contributed by atoms with Gasteiger partial charge in [-0.3, -0.25) is 0 Å². The molecule has 0 bridgehead atoms. The molecule has 15 heavy (non-hydrogen) atoms. The lowest BCUT2D eigenvalue weighted by Gasteiger charge is -1.98. The molecule has 2 rings (SSSR count). The van der Waals surface area contributed by atoms with E-state index in [0.29, 0.717) is 0 Å². The Bertz CT molecular complexity index is 502.